The molecule has 2 unspecified atom stereocenters. The van der Waals surface area contributed by atoms with E-state index in [2.05, 4.69) is 51.9 Å². The molecule has 7 heteroatoms. The number of carbonyl (C=O) groups is 1. The molecule has 0 amide bonds. The van der Waals surface area contributed by atoms with Gasteiger partial charge in [-0.15, -0.1) is 0 Å². The highest BCUT2D eigenvalue weighted by atomic mass is 16.5. The highest BCUT2D eigenvalue weighted by Crippen LogP contribution is 2.34. The quantitative estimate of drug-likeness (QED) is 0.333. The van der Waals surface area contributed by atoms with Gasteiger partial charge in [-0.2, -0.15) is 0 Å². The number of hydrogen-bond donors (Lipinski definition) is 1. The number of imidazole rings is 1. The van der Waals surface area contributed by atoms with E-state index in [1.54, 1.807) is 12.1 Å². The molecule has 2 aromatic carbocycles. The smallest absolute Gasteiger partial charge is 0.335 e. The Labute approximate surface area is 234 Å². The van der Waals surface area contributed by atoms with E-state index in [1.807, 2.05) is 6.07 Å². The van der Waals surface area contributed by atoms with Gasteiger partial charge in [0.15, 0.2) is 0 Å². The minimum atomic E-state index is -0.913. The average Bonchev–Trinajstić information content (AvgIpc) is 3.31. The molecule has 1 N–H and O–H groups in total. The maximum atomic E-state index is 11.6. The van der Waals surface area contributed by atoms with Crippen molar-refractivity contribution < 1.29 is 14.6 Å². The zero-order valence-electron chi connectivity index (χ0n) is 22.8. The molecule has 7 rings (SSSR count). The Morgan fingerprint density at radius 2 is 1.68 bits per heavy atom. The lowest BCUT2D eigenvalue weighted by molar-refractivity contribution is -0.0592. The van der Waals surface area contributed by atoms with Gasteiger partial charge in [0, 0.05) is 29.8 Å². The molecule has 1 aliphatic carbocycles. The molecule has 2 aromatic heterocycles. The van der Waals surface area contributed by atoms with E-state index in [1.165, 1.54) is 28.9 Å². The Bertz CT molecular complexity index is 1530. The number of piperidine rings is 1. The fourth-order valence-corrected chi connectivity index (χ4v) is 6.72. The Kier molecular flexibility index (Phi) is 6.86. The maximum absolute atomic E-state index is 11.6. The van der Waals surface area contributed by atoms with Crippen molar-refractivity contribution in [2.75, 3.05) is 19.7 Å². The van der Waals surface area contributed by atoms with Crippen molar-refractivity contribution in [3.63, 3.8) is 0 Å². The summed E-state index contributed by atoms with van der Waals surface area (Å²) in [6, 6.07) is 20.7. The first-order valence-electron chi connectivity index (χ1n) is 14.7. The molecule has 2 fully saturated rings. The van der Waals surface area contributed by atoms with Gasteiger partial charge in [0.1, 0.15) is 5.82 Å². The summed E-state index contributed by atoms with van der Waals surface area (Å²) < 4.78 is 7.91. The van der Waals surface area contributed by atoms with Crippen molar-refractivity contribution in [3.8, 4) is 0 Å². The van der Waals surface area contributed by atoms with Crippen LogP contribution in [0.5, 0.6) is 0 Å². The molecule has 2 atom stereocenters. The first-order valence-corrected chi connectivity index (χ1v) is 14.7. The number of aromatic nitrogens is 3. The standard InChI is InChI=1S/C33H36N4O3/c38-33(39)26-10-11-30-31(19-26)37(20-27-14-17-40-27)32(35-30)21-36-15-12-23(13-16-36)28-6-3-7-29(34-28)25-9-8-22-4-1-2-5-24(22)18-25/h1-7,10-11,19,23,25,27H,8-9,12-18,20-21H2,(H,38,39). The lowest BCUT2D eigenvalue weighted by Crippen LogP contribution is -2.35. The molecule has 0 bridgehead atoms. The van der Waals surface area contributed by atoms with Gasteiger partial charge in [-0.25, -0.2) is 9.78 Å². The van der Waals surface area contributed by atoms with Crippen molar-refractivity contribution in [3.05, 3.63) is 94.6 Å². The largest absolute Gasteiger partial charge is 0.478 e. The number of benzene rings is 2. The van der Waals surface area contributed by atoms with Crippen LogP contribution in [-0.4, -0.2) is 56.3 Å². The van der Waals surface area contributed by atoms with Crippen LogP contribution in [0.3, 0.4) is 0 Å². The summed E-state index contributed by atoms with van der Waals surface area (Å²) in [5.74, 6) is 1.06. The van der Waals surface area contributed by atoms with E-state index in [4.69, 9.17) is 14.7 Å². The summed E-state index contributed by atoms with van der Waals surface area (Å²) in [6.45, 7) is 4.26. The van der Waals surface area contributed by atoms with Crippen LogP contribution >= 0.6 is 0 Å². The maximum Gasteiger partial charge on any atom is 0.335 e. The van der Waals surface area contributed by atoms with Crippen molar-refractivity contribution in [2.45, 2.75) is 69.6 Å². The van der Waals surface area contributed by atoms with Gasteiger partial charge >= 0.3 is 5.97 Å². The predicted octanol–water partition coefficient (Wildman–Crippen LogP) is 5.57. The van der Waals surface area contributed by atoms with Gasteiger partial charge in [0.05, 0.1) is 35.8 Å². The second-order valence-electron chi connectivity index (χ2n) is 11.7. The fourth-order valence-electron chi connectivity index (χ4n) is 6.72. The number of fused-ring (bicyclic) bond motifs is 2. The lowest BCUT2D eigenvalue weighted by atomic mass is 9.82. The molecule has 4 aromatic rings. The summed E-state index contributed by atoms with van der Waals surface area (Å²) >= 11 is 0. The SMILES string of the molecule is O=C(O)c1ccc2nc(CN3CCC(c4cccc(C5CCc6ccccc6C5)n4)CC3)n(CC3CCO3)c2c1. The normalized spacial score (nSPS) is 21.7. The van der Waals surface area contributed by atoms with Crippen LogP contribution in [-0.2, 0) is 30.7 Å². The molecule has 7 nitrogen and oxygen atoms in total. The summed E-state index contributed by atoms with van der Waals surface area (Å²) in [4.78, 5) is 24.2. The number of rotatable bonds is 7. The van der Waals surface area contributed by atoms with Crippen molar-refractivity contribution in [1.29, 1.82) is 0 Å². The lowest BCUT2D eigenvalue weighted by Gasteiger charge is -2.32. The van der Waals surface area contributed by atoms with Gasteiger partial charge in [-0.1, -0.05) is 30.3 Å². The van der Waals surface area contributed by atoms with Crippen LogP contribution in [0.1, 0.15) is 76.2 Å². The highest BCUT2D eigenvalue weighted by molar-refractivity contribution is 5.92. The Balaban J connectivity index is 1.04. The minimum absolute atomic E-state index is 0.173. The number of aryl methyl sites for hydroxylation is 1. The first-order chi connectivity index (χ1) is 19.6. The number of carboxylic acid groups (broad SMARTS) is 1. The van der Waals surface area contributed by atoms with E-state index < -0.39 is 5.97 Å². The number of likely N-dealkylation sites (tertiary alicyclic amines) is 1. The van der Waals surface area contributed by atoms with Crippen LogP contribution in [0.4, 0.5) is 0 Å². The molecule has 3 aliphatic rings. The molecule has 2 aliphatic heterocycles. The second kappa shape index (κ2) is 10.8. The van der Waals surface area contributed by atoms with Gasteiger partial charge in [0.25, 0.3) is 0 Å². The number of aromatic carboxylic acids is 1. The molecule has 0 spiro atoms. The fraction of sp³-hybridized carbons (Fsp3) is 0.424. The second-order valence-corrected chi connectivity index (χ2v) is 11.7. The number of pyridine rings is 1. The van der Waals surface area contributed by atoms with Crippen LogP contribution in [0.25, 0.3) is 11.0 Å². The molecule has 0 radical (unpaired) electrons. The summed E-state index contributed by atoms with van der Waals surface area (Å²) in [5, 5.41) is 9.52. The highest BCUT2D eigenvalue weighted by Gasteiger charge is 2.27. The number of carboxylic acids is 1. The predicted molar refractivity (Wildman–Crippen MR) is 154 cm³/mol. The van der Waals surface area contributed by atoms with Crippen LogP contribution in [0.15, 0.2) is 60.7 Å². The molecule has 4 heterocycles. The van der Waals surface area contributed by atoms with Gasteiger partial charge < -0.3 is 14.4 Å². The summed E-state index contributed by atoms with van der Waals surface area (Å²) in [5.41, 5.74) is 7.50. The van der Waals surface area contributed by atoms with E-state index in [-0.39, 0.29) is 6.10 Å². The number of nitrogens with zero attached hydrogens (tertiary/aromatic N) is 4. The van der Waals surface area contributed by atoms with Crippen LogP contribution in [0, 0.1) is 0 Å². The Hall–Kier alpha value is -3.55. The van der Waals surface area contributed by atoms with E-state index in [0.29, 0.717) is 23.9 Å². The zero-order chi connectivity index (χ0) is 27.1. The summed E-state index contributed by atoms with van der Waals surface area (Å²) in [7, 11) is 0. The number of hydrogen-bond acceptors (Lipinski definition) is 5. The summed E-state index contributed by atoms with van der Waals surface area (Å²) in [6.07, 6.45) is 6.77. The zero-order valence-corrected chi connectivity index (χ0v) is 22.8. The molecule has 0 saturated carbocycles. The topological polar surface area (TPSA) is 80.5 Å². The van der Waals surface area contributed by atoms with Gasteiger partial charge in [-0.05, 0) is 93.1 Å². The first kappa shape index (κ1) is 25.4. The van der Waals surface area contributed by atoms with E-state index in [0.717, 1.165) is 75.2 Å². The Morgan fingerprint density at radius 1 is 0.900 bits per heavy atom. The molecular weight excluding hydrogens is 500 g/mol. The van der Waals surface area contributed by atoms with Gasteiger partial charge in [0.2, 0.25) is 0 Å². The van der Waals surface area contributed by atoms with Crippen molar-refractivity contribution in [2.24, 2.45) is 0 Å². The number of ether oxygens (including phenoxy) is 1. The molecule has 206 valence electrons. The monoisotopic (exact) mass is 536 g/mol. The molecule has 40 heavy (non-hydrogen) atoms. The van der Waals surface area contributed by atoms with Gasteiger partial charge in [-0.3, -0.25) is 9.88 Å². The van der Waals surface area contributed by atoms with Crippen molar-refractivity contribution >= 4 is 17.0 Å². The molecule has 2 saturated heterocycles. The Morgan fingerprint density at radius 3 is 2.42 bits per heavy atom. The average molecular weight is 537 g/mol. The third kappa shape index (κ3) is 5.04. The minimum Gasteiger partial charge on any atom is -0.478 e. The van der Waals surface area contributed by atoms with Crippen LogP contribution in [0.2, 0.25) is 0 Å². The van der Waals surface area contributed by atoms with Crippen molar-refractivity contribution in [1.82, 2.24) is 19.4 Å². The third-order valence-electron chi connectivity index (χ3n) is 9.18. The third-order valence-corrected chi connectivity index (χ3v) is 9.18. The van der Waals surface area contributed by atoms with E-state index in [9.17, 15) is 9.90 Å². The van der Waals surface area contributed by atoms with Crippen LogP contribution < -0.4 is 0 Å². The molecular formula is C33H36N4O3. The van der Waals surface area contributed by atoms with E-state index >= 15 is 0 Å².